The maximum atomic E-state index is 13.9. The SMILES string of the molecule is Cc1ccc(C(Oc2nc3ccccc3nc2NS(=O)(=O)c2c(C)noc2C)C(F)(F)F)cn1. The van der Waals surface area contributed by atoms with Crippen LogP contribution in [0, 0.1) is 20.8 Å². The fourth-order valence-electron chi connectivity index (χ4n) is 3.24. The number of para-hydroxylation sites is 2. The molecule has 0 spiro atoms. The molecule has 9 nitrogen and oxygen atoms in total. The second-order valence-corrected chi connectivity index (χ2v) is 9.02. The first-order chi connectivity index (χ1) is 16.0. The quantitative estimate of drug-likeness (QED) is 0.419. The van der Waals surface area contributed by atoms with Gasteiger partial charge in [-0.1, -0.05) is 23.4 Å². The number of nitrogens with one attached hydrogen (secondary N) is 1. The van der Waals surface area contributed by atoms with Gasteiger partial charge in [0.15, 0.2) is 10.7 Å². The van der Waals surface area contributed by atoms with Crippen molar-refractivity contribution in [1.29, 1.82) is 0 Å². The molecule has 0 fully saturated rings. The standard InChI is InChI=1S/C21H18F3N5O4S/c1-11-8-9-14(10-25-11)18(21(22,23)24)32-20-19(26-15-6-4-5-7-16(15)27-20)29-34(30,31)17-12(2)28-33-13(17)3/h4-10,18H,1-3H3,(H,26,29). The van der Waals surface area contributed by atoms with E-state index in [1.807, 2.05) is 0 Å². The van der Waals surface area contributed by atoms with Crippen molar-refractivity contribution in [3.05, 3.63) is 65.3 Å². The van der Waals surface area contributed by atoms with Crippen LogP contribution in [-0.4, -0.2) is 34.7 Å². The van der Waals surface area contributed by atoms with Crippen LogP contribution in [0.3, 0.4) is 0 Å². The molecule has 1 aromatic carbocycles. The van der Waals surface area contributed by atoms with E-state index in [2.05, 4.69) is 24.8 Å². The lowest BCUT2D eigenvalue weighted by atomic mass is 10.1. The van der Waals surface area contributed by atoms with Crippen LogP contribution in [0.1, 0.15) is 28.8 Å². The predicted molar refractivity (Wildman–Crippen MR) is 115 cm³/mol. The second kappa shape index (κ2) is 8.56. The molecule has 1 atom stereocenters. The molecule has 0 bridgehead atoms. The Labute approximate surface area is 192 Å². The monoisotopic (exact) mass is 493 g/mol. The third kappa shape index (κ3) is 4.64. The minimum absolute atomic E-state index is 0.000106. The highest BCUT2D eigenvalue weighted by Gasteiger charge is 2.44. The Morgan fingerprint density at radius 1 is 1.03 bits per heavy atom. The number of halogens is 3. The molecule has 4 rings (SSSR count). The van der Waals surface area contributed by atoms with Gasteiger partial charge in [0.2, 0.25) is 11.9 Å². The summed E-state index contributed by atoms with van der Waals surface area (Å²) in [5, 5.41) is 3.61. The molecule has 34 heavy (non-hydrogen) atoms. The Morgan fingerprint density at radius 2 is 1.71 bits per heavy atom. The third-order valence-corrected chi connectivity index (χ3v) is 6.35. The Kier molecular flexibility index (Phi) is 5.89. The smallest absolute Gasteiger partial charge is 0.429 e. The van der Waals surface area contributed by atoms with Crippen LogP contribution < -0.4 is 9.46 Å². The molecule has 0 radical (unpaired) electrons. The summed E-state index contributed by atoms with van der Waals surface area (Å²) in [4.78, 5) is 11.9. The van der Waals surface area contributed by atoms with Gasteiger partial charge in [0.25, 0.3) is 15.9 Å². The number of fused-ring (bicyclic) bond motifs is 1. The number of aryl methyl sites for hydroxylation is 3. The molecule has 3 aromatic heterocycles. The molecule has 1 N–H and O–H groups in total. The van der Waals surface area contributed by atoms with Crippen LogP contribution in [-0.2, 0) is 10.0 Å². The molecule has 0 saturated heterocycles. The Bertz CT molecular complexity index is 1430. The number of alkyl halides is 3. The van der Waals surface area contributed by atoms with Crippen molar-refractivity contribution in [3.8, 4) is 5.88 Å². The van der Waals surface area contributed by atoms with Crippen molar-refractivity contribution in [2.45, 2.75) is 37.9 Å². The zero-order chi connectivity index (χ0) is 24.7. The molecule has 3 heterocycles. The first-order valence-corrected chi connectivity index (χ1v) is 11.3. The van der Waals surface area contributed by atoms with Crippen LogP contribution in [0.4, 0.5) is 19.0 Å². The number of aromatic nitrogens is 4. The van der Waals surface area contributed by atoms with E-state index >= 15 is 0 Å². The lowest BCUT2D eigenvalue weighted by Gasteiger charge is -2.22. The average molecular weight is 493 g/mol. The normalized spacial score (nSPS) is 13.1. The van der Waals surface area contributed by atoms with Crippen LogP contribution in [0.15, 0.2) is 52.0 Å². The van der Waals surface area contributed by atoms with Gasteiger partial charge in [-0.05, 0) is 39.0 Å². The lowest BCUT2D eigenvalue weighted by Crippen LogP contribution is -2.27. The van der Waals surface area contributed by atoms with Gasteiger partial charge in [0.05, 0.1) is 11.0 Å². The van der Waals surface area contributed by atoms with Gasteiger partial charge < -0.3 is 9.26 Å². The van der Waals surface area contributed by atoms with Crippen LogP contribution in [0.2, 0.25) is 0 Å². The average Bonchev–Trinajstić information content (AvgIpc) is 3.10. The van der Waals surface area contributed by atoms with Gasteiger partial charge in [0.1, 0.15) is 5.69 Å². The number of ether oxygens (including phenoxy) is 1. The molecule has 4 aromatic rings. The van der Waals surface area contributed by atoms with Crippen molar-refractivity contribution in [1.82, 2.24) is 20.1 Å². The van der Waals surface area contributed by atoms with Crippen LogP contribution >= 0.6 is 0 Å². The van der Waals surface area contributed by atoms with E-state index in [1.54, 1.807) is 19.1 Å². The zero-order valence-electron chi connectivity index (χ0n) is 18.1. The van der Waals surface area contributed by atoms with Gasteiger partial charge in [-0.2, -0.15) is 13.2 Å². The summed E-state index contributed by atoms with van der Waals surface area (Å²) >= 11 is 0. The summed E-state index contributed by atoms with van der Waals surface area (Å²) in [7, 11) is -4.35. The summed E-state index contributed by atoms with van der Waals surface area (Å²) in [6.07, 6.45) is -6.30. The lowest BCUT2D eigenvalue weighted by molar-refractivity contribution is -0.198. The second-order valence-electron chi connectivity index (χ2n) is 7.40. The van der Waals surface area contributed by atoms with Crippen molar-refractivity contribution in [2.24, 2.45) is 0 Å². The maximum Gasteiger partial charge on any atom is 0.429 e. The van der Waals surface area contributed by atoms with Gasteiger partial charge in [-0.25, -0.2) is 18.4 Å². The van der Waals surface area contributed by atoms with Gasteiger partial charge >= 0.3 is 6.18 Å². The van der Waals surface area contributed by atoms with Gasteiger partial charge in [-0.3, -0.25) is 9.71 Å². The van der Waals surface area contributed by atoms with E-state index in [-0.39, 0.29) is 32.9 Å². The molecule has 13 heteroatoms. The highest BCUT2D eigenvalue weighted by atomic mass is 32.2. The number of anilines is 1. The molecule has 0 saturated carbocycles. The van der Waals surface area contributed by atoms with E-state index in [0.717, 1.165) is 6.20 Å². The zero-order valence-corrected chi connectivity index (χ0v) is 18.9. The molecule has 0 aliphatic heterocycles. The van der Waals surface area contributed by atoms with E-state index < -0.39 is 34.0 Å². The fourth-order valence-corrected chi connectivity index (χ4v) is 4.57. The first-order valence-electron chi connectivity index (χ1n) is 9.84. The highest BCUT2D eigenvalue weighted by molar-refractivity contribution is 7.92. The molecule has 0 aliphatic rings. The summed E-state index contributed by atoms with van der Waals surface area (Å²) in [5.74, 6) is -1.18. The molecule has 0 amide bonds. The van der Waals surface area contributed by atoms with Gasteiger partial charge in [0, 0.05) is 17.5 Å². The number of pyridine rings is 1. The van der Waals surface area contributed by atoms with Crippen molar-refractivity contribution in [3.63, 3.8) is 0 Å². The summed E-state index contributed by atoms with van der Waals surface area (Å²) in [6.45, 7) is 4.43. The Morgan fingerprint density at radius 3 is 2.26 bits per heavy atom. The van der Waals surface area contributed by atoms with Gasteiger partial charge in [-0.15, -0.1) is 0 Å². The predicted octanol–water partition coefficient (Wildman–Crippen LogP) is 4.42. The fraction of sp³-hybridized carbons (Fsp3) is 0.238. The molecular weight excluding hydrogens is 475 g/mol. The number of benzene rings is 1. The van der Waals surface area contributed by atoms with E-state index in [4.69, 9.17) is 9.26 Å². The number of rotatable bonds is 6. The topological polar surface area (TPSA) is 120 Å². The Hall–Kier alpha value is -3.74. The number of nitrogens with zero attached hydrogens (tertiary/aromatic N) is 4. The van der Waals surface area contributed by atoms with E-state index in [9.17, 15) is 21.6 Å². The van der Waals surface area contributed by atoms with E-state index in [0.29, 0.717) is 5.69 Å². The summed E-state index contributed by atoms with van der Waals surface area (Å²) in [6, 6.07) is 8.91. The minimum atomic E-state index is -4.86. The number of hydrogen-bond donors (Lipinski definition) is 1. The molecular formula is C21H18F3N5O4S. The Balaban J connectivity index is 1.83. The van der Waals surface area contributed by atoms with Crippen molar-refractivity contribution in [2.75, 3.05) is 4.72 Å². The minimum Gasteiger partial charge on any atom is -0.457 e. The van der Waals surface area contributed by atoms with Crippen molar-refractivity contribution >= 4 is 26.9 Å². The number of sulfonamides is 1. The third-order valence-electron chi connectivity index (χ3n) is 4.77. The summed E-state index contributed by atoms with van der Waals surface area (Å²) in [5.41, 5.74) is 0.753. The molecule has 178 valence electrons. The van der Waals surface area contributed by atoms with E-state index in [1.165, 1.54) is 38.1 Å². The maximum absolute atomic E-state index is 13.9. The molecule has 0 aliphatic carbocycles. The summed E-state index contributed by atoms with van der Waals surface area (Å²) < 4.78 is 80.2. The van der Waals surface area contributed by atoms with Crippen LogP contribution in [0.5, 0.6) is 5.88 Å². The highest BCUT2D eigenvalue weighted by Crippen LogP contribution is 2.39. The molecule has 1 unspecified atom stereocenters. The number of hydrogen-bond acceptors (Lipinski definition) is 8. The van der Waals surface area contributed by atoms with Crippen molar-refractivity contribution < 1.29 is 30.8 Å². The first kappa shape index (κ1) is 23.4. The largest absolute Gasteiger partial charge is 0.457 e. The van der Waals surface area contributed by atoms with Crippen LogP contribution in [0.25, 0.3) is 11.0 Å².